The van der Waals surface area contributed by atoms with Gasteiger partial charge in [-0.25, -0.2) is 8.42 Å². The van der Waals surface area contributed by atoms with E-state index in [0.29, 0.717) is 11.4 Å². The highest BCUT2D eigenvalue weighted by molar-refractivity contribution is 7.89. The van der Waals surface area contributed by atoms with Crippen LogP contribution >= 0.6 is 0 Å². The van der Waals surface area contributed by atoms with Gasteiger partial charge in [0, 0.05) is 18.8 Å². The first-order valence-electron chi connectivity index (χ1n) is 6.21. The molecule has 0 radical (unpaired) electrons. The van der Waals surface area contributed by atoms with Gasteiger partial charge in [0.1, 0.15) is 12.4 Å². The summed E-state index contributed by atoms with van der Waals surface area (Å²) >= 11 is 0. The Kier molecular flexibility index (Phi) is 4.48. The molecule has 1 aromatic rings. The number of sulfonamides is 1. The van der Waals surface area contributed by atoms with Crippen molar-refractivity contribution in [3.05, 3.63) is 24.3 Å². The summed E-state index contributed by atoms with van der Waals surface area (Å²) in [5, 5.41) is 18.7. The summed E-state index contributed by atoms with van der Waals surface area (Å²) in [6.07, 6.45) is -2.05. The van der Waals surface area contributed by atoms with Gasteiger partial charge < -0.3 is 20.7 Å². The Morgan fingerprint density at radius 2 is 1.75 bits per heavy atom. The average molecular weight is 302 g/mol. The Hall–Kier alpha value is -1.35. The van der Waals surface area contributed by atoms with Gasteiger partial charge in [-0.2, -0.15) is 4.31 Å². The van der Waals surface area contributed by atoms with E-state index in [9.17, 15) is 18.6 Å². The van der Waals surface area contributed by atoms with Crippen LogP contribution in [-0.4, -0.2) is 60.6 Å². The third kappa shape index (κ3) is 3.60. The number of nitrogens with zero attached hydrogens (tertiary/aromatic N) is 1. The first kappa shape index (κ1) is 15.0. The van der Waals surface area contributed by atoms with E-state index in [2.05, 4.69) is 0 Å². The third-order valence-electron chi connectivity index (χ3n) is 3.11. The van der Waals surface area contributed by atoms with E-state index in [1.807, 2.05) is 0 Å². The highest BCUT2D eigenvalue weighted by atomic mass is 32.2. The molecule has 4 N–H and O–H groups in total. The number of nitrogens with two attached hydrogens (primary N) is 1. The van der Waals surface area contributed by atoms with Crippen molar-refractivity contribution in [1.29, 1.82) is 0 Å². The molecule has 1 fully saturated rings. The lowest BCUT2D eigenvalue weighted by molar-refractivity contribution is 0.0572. The molecule has 20 heavy (non-hydrogen) atoms. The van der Waals surface area contributed by atoms with Crippen LogP contribution < -0.4 is 10.5 Å². The van der Waals surface area contributed by atoms with Gasteiger partial charge in [0.15, 0.2) is 0 Å². The maximum absolute atomic E-state index is 12.0. The molecule has 0 bridgehead atoms. The Bertz CT molecular complexity index is 535. The molecular formula is C12H18N2O5S. The zero-order valence-corrected chi connectivity index (χ0v) is 11.7. The highest BCUT2D eigenvalue weighted by Gasteiger charge is 2.36. The van der Waals surface area contributed by atoms with Crippen molar-refractivity contribution >= 4 is 15.7 Å². The zero-order chi connectivity index (χ0) is 14.8. The van der Waals surface area contributed by atoms with Gasteiger partial charge in [-0.3, -0.25) is 0 Å². The number of aliphatic hydroxyl groups excluding tert-OH is 2. The van der Waals surface area contributed by atoms with Crippen LogP contribution in [0.5, 0.6) is 5.75 Å². The van der Waals surface area contributed by atoms with E-state index in [1.54, 1.807) is 24.3 Å². The van der Waals surface area contributed by atoms with Crippen LogP contribution in [0.15, 0.2) is 24.3 Å². The number of nitrogen functional groups attached to an aromatic ring is 1. The smallest absolute Gasteiger partial charge is 0.217 e. The zero-order valence-electron chi connectivity index (χ0n) is 10.8. The summed E-state index contributed by atoms with van der Waals surface area (Å²) in [6, 6.07) is 6.64. The molecule has 1 aliphatic heterocycles. The van der Waals surface area contributed by atoms with Crippen molar-refractivity contribution in [3.63, 3.8) is 0 Å². The second kappa shape index (κ2) is 5.96. The molecule has 7 nitrogen and oxygen atoms in total. The summed E-state index contributed by atoms with van der Waals surface area (Å²) < 4.78 is 30.3. The van der Waals surface area contributed by atoms with Gasteiger partial charge in [0.2, 0.25) is 10.0 Å². The fraction of sp³-hybridized carbons (Fsp3) is 0.500. The largest absolute Gasteiger partial charge is 0.492 e. The number of ether oxygens (including phenoxy) is 1. The van der Waals surface area contributed by atoms with Gasteiger partial charge in [-0.15, -0.1) is 0 Å². The molecule has 1 aromatic carbocycles. The van der Waals surface area contributed by atoms with Gasteiger partial charge in [0.25, 0.3) is 0 Å². The second-order valence-electron chi connectivity index (χ2n) is 4.69. The van der Waals surface area contributed by atoms with Crippen LogP contribution in [0.25, 0.3) is 0 Å². The Labute approximate surface area is 117 Å². The third-order valence-corrected chi connectivity index (χ3v) is 4.88. The van der Waals surface area contributed by atoms with E-state index < -0.39 is 22.2 Å². The standard InChI is InChI=1S/C12H18N2O5S/c13-9-1-3-10(4-2-9)19-5-6-20(17,18)14-7-11(15)12(16)8-14/h1-4,11-12,15-16H,5-8,13H2/t11-,12+. The fourth-order valence-electron chi connectivity index (χ4n) is 1.92. The highest BCUT2D eigenvalue weighted by Crippen LogP contribution is 2.16. The number of hydrogen-bond donors (Lipinski definition) is 3. The normalized spacial score (nSPS) is 23.9. The maximum atomic E-state index is 12.0. The number of hydrogen-bond acceptors (Lipinski definition) is 6. The number of rotatable bonds is 5. The molecule has 1 saturated heterocycles. The van der Waals surface area contributed by atoms with Gasteiger partial charge in [0.05, 0.1) is 18.0 Å². The van der Waals surface area contributed by atoms with Crippen molar-refractivity contribution in [3.8, 4) is 5.75 Å². The molecular weight excluding hydrogens is 284 g/mol. The molecule has 2 atom stereocenters. The Morgan fingerprint density at radius 1 is 1.20 bits per heavy atom. The molecule has 1 aliphatic rings. The fourth-order valence-corrected chi connectivity index (χ4v) is 3.23. The van der Waals surface area contributed by atoms with Crippen molar-refractivity contribution in [2.45, 2.75) is 12.2 Å². The number of benzene rings is 1. The topological polar surface area (TPSA) is 113 Å². The lowest BCUT2D eigenvalue weighted by Gasteiger charge is -2.15. The molecule has 0 unspecified atom stereocenters. The molecule has 1 heterocycles. The van der Waals surface area contributed by atoms with E-state index >= 15 is 0 Å². The van der Waals surface area contributed by atoms with Gasteiger partial charge in [-0.05, 0) is 24.3 Å². The monoisotopic (exact) mass is 302 g/mol. The van der Waals surface area contributed by atoms with Crippen LogP contribution in [0.1, 0.15) is 0 Å². The molecule has 0 amide bonds. The van der Waals surface area contributed by atoms with Gasteiger partial charge >= 0.3 is 0 Å². The Morgan fingerprint density at radius 3 is 2.30 bits per heavy atom. The van der Waals surface area contributed by atoms with Crippen molar-refractivity contribution in [2.24, 2.45) is 0 Å². The van der Waals surface area contributed by atoms with Crippen LogP contribution in [0, 0.1) is 0 Å². The number of β-amino-alcohol motifs (C(OH)–C–C–N with tert-alkyl or cyclic N) is 2. The summed E-state index contributed by atoms with van der Waals surface area (Å²) in [7, 11) is -3.54. The molecule has 0 spiro atoms. The van der Waals surface area contributed by atoms with Gasteiger partial charge in [-0.1, -0.05) is 0 Å². The van der Waals surface area contributed by atoms with Crippen LogP contribution in [-0.2, 0) is 10.0 Å². The lowest BCUT2D eigenvalue weighted by atomic mass is 10.3. The molecule has 2 rings (SSSR count). The summed E-state index contributed by atoms with van der Waals surface area (Å²) in [5.74, 6) is 0.326. The quantitative estimate of drug-likeness (QED) is 0.602. The van der Waals surface area contributed by atoms with Crippen LogP contribution in [0.3, 0.4) is 0 Å². The Balaban J connectivity index is 1.85. The SMILES string of the molecule is Nc1ccc(OCCS(=O)(=O)N2C[C@@H](O)[C@@H](O)C2)cc1. The first-order valence-corrected chi connectivity index (χ1v) is 7.82. The minimum atomic E-state index is -3.54. The average Bonchev–Trinajstić information content (AvgIpc) is 2.73. The molecule has 0 saturated carbocycles. The number of aliphatic hydroxyl groups is 2. The molecule has 0 aromatic heterocycles. The molecule has 8 heteroatoms. The van der Waals surface area contributed by atoms with Crippen molar-refractivity contribution in [2.75, 3.05) is 31.2 Å². The maximum Gasteiger partial charge on any atom is 0.217 e. The first-order chi connectivity index (χ1) is 9.38. The minimum Gasteiger partial charge on any atom is -0.492 e. The minimum absolute atomic E-state index is 0.00502. The number of anilines is 1. The predicted molar refractivity (Wildman–Crippen MR) is 73.7 cm³/mol. The summed E-state index contributed by atoms with van der Waals surface area (Å²) in [5.41, 5.74) is 6.13. The van der Waals surface area contributed by atoms with Crippen LogP contribution in [0.2, 0.25) is 0 Å². The van der Waals surface area contributed by atoms with E-state index in [1.165, 1.54) is 0 Å². The van der Waals surface area contributed by atoms with Crippen molar-refractivity contribution < 1.29 is 23.4 Å². The molecule has 0 aliphatic carbocycles. The van der Waals surface area contributed by atoms with Crippen LogP contribution in [0.4, 0.5) is 5.69 Å². The van der Waals surface area contributed by atoms with E-state index in [-0.39, 0.29) is 25.4 Å². The van der Waals surface area contributed by atoms with E-state index in [0.717, 1.165) is 4.31 Å². The molecule has 112 valence electrons. The predicted octanol–water partition coefficient (Wildman–Crippen LogP) is -0.985. The van der Waals surface area contributed by atoms with Crippen molar-refractivity contribution in [1.82, 2.24) is 4.31 Å². The lowest BCUT2D eigenvalue weighted by Crippen LogP contribution is -2.33. The second-order valence-corrected chi connectivity index (χ2v) is 6.77. The van der Waals surface area contributed by atoms with E-state index in [4.69, 9.17) is 10.5 Å². The summed E-state index contributed by atoms with van der Waals surface area (Å²) in [6.45, 7) is -0.161. The summed E-state index contributed by atoms with van der Waals surface area (Å²) in [4.78, 5) is 0.